The van der Waals surface area contributed by atoms with Gasteiger partial charge in [0, 0.05) is 24.0 Å². The summed E-state index contributed by atoms with van der Waals surface area (Å²) in [5, 5.41) is 2.88. The van der Waals surface area contributed by atoms with Crippen LogP contribution in [-0.4, -0.2) is 24.4 Å². The van der Waals surface area contributed by atoms with E-state index < -0.39 is 23.7 Å². The van der Waals surface area contributed by atoms with Crippen molar-refractivity contribution in [3.8, 4) is 11.3 Å². The van der Waals surface area contributed by atoms with E-state index in [-0.39, 0.29) is 0 Å². The van der Waals surface area contributed by atoms with Crippen LogP contribution in [0.5, 0.6) is 0 Å². The van der Waals surface area contributed by atoms with Crippen LogP contribution in [0.3, 0.4) is 0 Å². The number of imidazole rings is 1. The van der Waals surface area contributed by atoms with Gasteiger partial charge in [0.15, 0.2) is 0 Å². The molecule has 0 radical (unpaired) electrons. The molecule has 1 amide bonds. The maximum absolute atomic E-state index is 13.1. The van der Waals surface area contributed by atoms with E-state index in [1.54, 1.807) is 4.40 Å². The molecular formula is C27H23N5O3. The lowest BCUT2D eigenvalue weighted by molar-refractivity contribution is -0.116. The van der Waals surface area contributed by atoms with Gasteiger partial charge < -0.3 is 5.32 Å². The fourth-order valence-electron chi connectivity index (χ4n) is 3.99. The molecule has 3 aromatic heterocycles. The first kappa shape index (κ1) is 22.1. The van der Waals surface area contributed by atoms with Gasteiger partial charge in [-0.2, -0.15) is 0 Å². The van der Waals surface area contributed by atoms with Gasteiger partial charge in [-0.15, -0.1) is 0 Å². The highest BCUT2D eigenvalue weighted by Crippen LogP contribution is 2.29. The van der Waals surface area contributed by atoms with Gasteiger partial charge in [-0.05, 0) is 24.1 Å². The predicted molar refractivity (Wildman–Crippen MR) is 135 cm³/mol. The minimum absolute atomic E-state index is 0.298. The van der Waals surface area contributed by atoms with E-state index in [0.29, 0.717) is 23.7 Å². The molecular weight excluding hydrogens is 442 g/mol. The highest BCUT2D eigenvalue weighted by Gasteiger charge is 2.18. The molecule has 0 fully saturated rings. The summed E-state index contributed by atoms with van der Waals surface area (Å²) in [4.78, 5) is 43.3. The highest BCUT2D eigenvalue weighted by atomic mass is 16.2. The molecule has 0 saturated heterocycles. The summed E-state index contributed by atoms with van der Waals surface area (Å²) in [5.41, 5.74) is 2.94. The third kappa shape index (κ3) is 4.54. The molecule has 0 aliphatic rings. The van der Waals surface area contributed by atoms with E-state index >= 15 is 0 Å². The van der Waals surface area contributed by atoms with Crippen LogP contribution in [0.2, 0.25) is 0 Å². The zero-order valence-electron chi connectivity index (χ0n) is 19.1. The fourth-order valence-corrected chi connectivity index (χ4v) is 3.99. The standard InChI is InChI=1S/C27H23N5O3/c1-19-12-13-22-28-25(21-10-6-3-7-11-21)26(31(22)16-19)29-23(33)18-32-24(34)14-15-30(27(32)35)17-20-8-4-2-5-9-20/h2-16H,17-18H2,1H3,(H,29,33). The Morgan fingerprint density at radius 2 is 1.63 bits per heavy atom. The average Bonchev–Trinajstić information content (AvgIpc) is 3.22. The number of pyridine rings is 1. The highest BCUT2D eigenvalue weighted by molar-refractivity contribution is 5.94. The van der Waals surface area contributed by atoms with Crippen molar-refractivity contribution in [2.45, 2.75) is 20.0 Å². The van der Waals surface area contributed by atoms with Crippen molar-refractivity contribution in [3.05, 3.63) is 123 Å². The summed E-state index contributed by atoms with van der Waals surface area (Å²) in [7, 11) is 0. The Labute approximate surface area is 200 Å². The number of fused-ring (bicyclic) bond motifs is 1. The van der Waals surface area contributed by atoms with E-state index in [9.17, 15) is 14.4 Å². The molecule has 8 nitrogen and oxygen atoms in total. The van der Waals surface area contributed by atoms with Crippen LogP contribution in [0, 0.1) is 6.92 Å². The van der Waals surface area contributed by atoms with E-state index in [1.165, 1.54) is 16.8 Å². The van der Waals surface area contributed by atoms with Crippen molar-refractivity contribution in [1.29, 1.82) is 0 Å². The number of amides is 1. The Balaban J connectivity index is 1.48. The lowest BCUT2D eigenvalue weighted by atomic mass is 10.1. The first-order chi connectivity index (χ1) is 17.0. The van der Waals surface area contributed by atoms with Gasteiger partial charge >= 0.3 is 5.69 Å². The van der Waals surface area contributed by atoms with Gasteiger partial charge in [0.2, 0.25) is 5.91 Å². The monoisotopic (exact) mass is 465 g/mol. The molecule has 8 heteroatoms. The smallest absolute Gasteiger partial charge is 0.308 e. The topological polar surface area (TPSA) is 90.4 Å². The molecule has 3 heterocycles. The number of aromatic nitrogens is 4. The number of carbonyl (C=O) groups excluding carboxylic acids is 1. The normalized spacial score (nSPS) is 11.0. The van der Waals surface area contributed by atoms with Crippen LogP contribution >= 0.6 is 0 Å². The second kappa shape index (κ2) is 9.26. The molecule has 0 saturated carbocycles. The zero-order chi connectivity index (χ0) is 24.4. The molecule has 0 unspecified atom stereocenters. The van der Waals surface area contributed by atoms with Crippen LogP contribution in [-0.2, 0) is 17.9 Å². The molecule has 0 bridgehead atoms. The minimum atomic E-state index is -0.547. The molecule has 174 valence electrons. The Morgan fingerprint density at radius 1 is 0.914 bits per heavy atom. The van der Waals surface area contributed by atoms with Crippen LogP contribution < -0.4 is 16.6 Å². The van der Waals surface area contributed by atoms with Gasteiger partial charge in [0.1, 0.15) is 23.7 Å². The van der Waals surface area contributed by atoms with Crippen molar-refractivity contribution in [3.63, 3.8) is 0 Å². The molecule has 1 N–H and O–H groups in total. The molecule has 0 aliphatic carbocycles. The second-order valence-corrected chi connectivity index (χ2v) is 8.29. The first-order valence-electron chi connectivity index (χ1n) is 11.2. The number of hydrogen-bond donors (Lipinski definition) is 1. The lowest BCUT2D eigenvalue weighted by Crippen LogP contribution is -2.42. The summed E-state index contributed by atoms with van der Waals surface area (Å²) >= 11 is 0. The summed E-state index contributed by atoms with van der Waals surface area (Å²) in [5.74, 6) is -0.0179. The van der Waals surface area contributed by atoms with E-state index in [1.807, 2.05) is 85.9 Å². The summed E-state index contributed by atoms with van der Waals surface area (Å²) < 4.78 is 4.16. The Hall–Kier alpha value is -4.72. The number of hydrogen-bond acceptors (Lipinski definition) is 4. The fraction of sp³-hybridized carbons (Fsp3) is 0.111. The third-order valence-corrected chi connectivity index (χ3v) is 5.71. The number of carbonyl (C=O) groups is 1. The molecule has 2 aromatic carbocycles. The average molecular weight is 466 g/mol. The molecule has 35 heavy (non-hydrogen) atoms. The van der Waals surface area contributed by atoms with Gasteiger partial charge in [-0.25, -0.2) is 9.78 Å². The number of aryl methyl sites for hydroxylation is 1. The SMILES string of the molecule is Cc1ccc2nc(-c3ccccc3)c(NC(=O)Cn3c(=O)ccn(Cc4ccccc4)c3=O)n2c1. The van der Waals surface area contributed by atoms with Crippen molar-refractivity contribution < 1.29 is 4.79 Å². The van der Waals surface area contributed by atoms with E-state index in [0.717, 1.165) is 21.3 Å². The second-order valence-electron chi connectivity index (χ2n) is 8.29. The number of benzene rings is 2. The molecule has 5 aromatic rings. The summed E-state index contributed by atoms with van der Waals surface area (Å²) in [6.45, 7) is 1.83. The number of rotatable bonds is 6. The van der Waals surface area contributed by atoms with Gasteiger partial charge in [-0.1, -0.05) is 66.7 Å². The van der Waals surface area contributed by atoms with Crippen LogP contribution in [0.4, 0.5) is 5.82 Å². The number of nitrogens with one attached hydrogen (secondary N) is 1. The van der Waals surface area contributed by atoms with Crippen molar-refractivity contribution in [1.82, 2.24) is 18.5 Å². The number of nitrogens with zero attached hydrogens (tertiary/aromatic N) is 4. The van der Waals surface area contributed by atoms with Crippen LogP contribution in [0.1, 0.15) is 11.1 Å². The van der Waals surface area contributed by atoms with E-state index in [2.05, 4.69) is 5.32 Å². The van der Waals surface area contributed by atoms with E-state index in [4.69, 9.17) is 4.98 Å². The maximum atomic E-state index is 13.1. The lowest BCUT2D eigenvalue weighted by Gasteiger charge is -2.11. The Bertz CT molecular complexity index is 1630. The largest absolute Gasteiger partial charge is 0.331 e. The first-order valence-corrected chi connectivity index (χ1v) is 11.2. The summed E-state index contributed by atoms with van der Waals surface area (Å²) in [6, 6.07) is 24.1. The summed E-state index contributed by atoms with van der Waals surface area (Å²) in [6.07, 6.45) is 3.33. The Kier molecular flexibility index (Phi) is 5.85. The quantitative estimate of drug-likeness (QED) is 0.417. The molecule has 5 rings (SSSR count). The maximum Gasteiger partial charge on any atom is 0.331 e. The Morgan fingerprint density at radius 3 is 2.37 bits per heavy atom. The van der Waals surface area contributed by atoms with Crippen molar-refractivity contribution in [2.24, 2.45) is 0 Å². The zero-order valence-corrected chi connectivity index (χ0v) is 19.1. The van der Waals surface area contributed by atoms with Crippen molar-refractivity contribution >= 4 is 17.4 Å². The van der Waals surface area contributed by atoms with Crippen LogP contribution in [0.15, 0.2) is 101 Å². The predicted octanol–water partition coefficient (Wildman–Crippen LogP) is 3.32. The number of anilines is 1. The molecule has 0 aliphatic heterocycles. The van der Waals surface area contributed by atoms with Gasteiger partial charge in [0.25, 0.3) is 5.56 Å². The van der Waals surface area contributed by atoms with Crippen LogP contribution in [0.25, 0.3) is 16.9 Å². The molecule has 0 spiro atoms. The molecule has 0 atom stereocenters. The van der Waals surface area contributed by atoms with Gasteiger partial charge in [-0.3, -0.25) is 23.1 Å². The minimum Gasteiger partial charge on any atom is -0.308 e. The van der Waals surface area contributed by atoms with Crippen molar-refractivity contribution in [2.75, 3.05) is 5.32 Å². The third-order valence-electron chi connectivity index (χ3n) is 5.71. The van der Waals surface area contributed by atoms with Gasteiger partial charge in [0.05, 0.1) is 6.54 Å².